The number of hydrogen-bond acceptors (Lipinski definition) is 5. The molecule has 1 fully saturated rings. The lowest BCUT2D eigenvalue weighted by Gasteiger charge is -2.26. The molecule has 0 aromatic heterocycles. The smallest absolute Gasteiger partial charge is 0.206 e. The minimum atomic E-state index is 0.625. The van der Waals surface area contributed by atoms with Gasteiger partial charge in [-0.15, -0.1) is 0 Å². The first-order chi connectivity index (χ1) is 11.7. The van der Waals surface area contributed by atoms with E-state index in [1.807, 2.05) is 14.1 Å². The van der Waals surface area contributed by atoms with E-state index < -0.39 is 0 Å². The maximum atomic E-state index is 9.06. The number of carbonyl (C=O) groups is 1. The second-order valence-electron chi connectivity index (χ2n) is 5.39. The van der Waals surface area contributed by atoms with Crippen molar-refractivity contribution in [3.8, 4) is 0 Å². The minimum Gasteiger partial charge on any atom is -0.380 e. The predicted molar refractivity (Wildman–Crippen MR) is 104 cm³/mol. The Hall–Kier alpha value is -0.690. The number of unbranched alkanes of at least 4 members (excludes halogenated alkanes) is 2. The summed E-state index contributed by atoms with van der Waals surface area (Å²) in [6.07, 6.45) is 5.64. The third kappa shape index (κ3) is 33.0. The fourth-order valence-corrected chi connectivity index (χ4v) is 1.57. The number of amides is 1. The monoisotopic (exact) mass is 349 g/mol. The van der Waals surface area contributed by atoms with Crippen LogP contribution in [0.3, 0.4) is 0 Å². The number of ether oxygens (including phenoxy) is 2. The Balaban J connectivity index is -0.000000365. The lowest BCUT2D eigenvalue weighted by atomic mass is 10.3. The van der Waals surface area contributed by atoms with E-state index in [4.69, 9.17) is 14.3 Å². The zero-order chi connectivity index (χ0) is 18.9. The molecule has 0 aromatic carbocycles. The van der Waals surface area contributed by atoms with Crippen molar-refractivity contribution in [1.82, 2.24) is 15.5 Å². The van der Waals surface area contributed by atoms with Crippen LogP contribution in [0.5, 0.6) is 0 Å². The summed E-state index contributed by atoms with van der Waals surface area (Å²) in [7, 11) is 5.31. The highest BCUT2D eigenvalue weighted by atomic mass is 16.5. The average molecular weight is 350 g/mol. The molecule has 1 aliphatic heterocycles. The third-order valence-electron chi connectivity index (χ3n) is 2.67. The van der Waals surface area contributed by atoms with Crippen molar-refractivity contribution in [2.75, 3.05) is 67.2 Å². The highest BCUT2D eigenvalue weighted by Gasteiger charge is 2.08. The quantitative estimate of drug-likeness (QED) is 0.519. The Morgan fingerprint density at radius 1 is 1.04 bits per heavy atom. The van der Waals surface area contributed by atoms with Crippen molar-refractivity contribution in [2.45, 2.75) is 46.5 Å². The number of nitrogens with one attached hydrogen (secondary N) is 2. The average Bonchev–Trinajstić information content (AvgIpc) is 2.60. The molecule has 2 N–H and O–H groups in total. The van der Waals surface area contributed by atoms with Crippen molar-refractivity contribution in [3.63, 3.8) is 0 Å². The van der Waals surface area contributed by atoms with Gasteiger partial charge in [0, 0.05) is 33.3 Å². The Morgan fingerprint density at radius 2 is 1.54 bits per heavy atom. The molecule has 0 aliphatic carbocycles. The molecule has 1 rings (SSSR count). The van der Waals surface area contributed by atoms with Gasteiger partial charge >= 0.3 is 0 Å². The fourth-order valence-electron chi connectivity index (χ4n) is 1.57. The van der Waals surface area contributed by atoms with E-state index in [9.17, 15) is 0 Å². The van der Waals surface area contributed by atoms with Gasteiger partial charge in [0.15, 0.2) is 0 Å². The number of nitrogens with zero attached hydrogens (tertiary/aromatic N) is 1. The van der Waals surface area contributed by atoms with E-state index >= 15 is 0 Å². The molecule has 1 heterocycles. The minimum absolute atomic E-state index is 0.625. The number of morpholine rings is 1. The molecule has 6 nitrogen and oxygen atoms in total. The van der Waals surface area contributed by atoms with Gasteiger partial charge in [-0.3, -0.25) is 9.69 Å². The van der Waals surface area contributed by atoms with Gasteiger partial charge in [-0.2, -0.15) is 0 Å². The van der Waals surface area contributed by atoms with E-state index in [0.717, 1.165) is 46.1 Å². The summed E-state index contributed by atoms with van der Waals surface area (Å²) in [5.74, 6) is 0. The summed E-state index contributed by atoms with van der Waals surface area (Å²) < 4.78 is 10.8. The summed E-state index contributed by atoms with van der Waals surface area (Å²) in [6.45, 7) is 13.2. The molecule has 0 atom stereocenters. The van der Waals surface area contributed by atoms with Gasteiger partial charge in [-0.1, -0.05) is 40.0 Å². The molecule has 0 aromatic rings. The molecule has 0 unspecified atom stereocenters. The van der Waals surface area contributed by atoms with Gasteiger partial charge in [0.25, 0.3) is 0 Å². The second kappa shape index (κ2) is 30.2. The standard InChI is InChI=1S/C11H23NO2.C3H8.C2H5NO.C2H7N/c1-2-3-4-8-13-9-5-12-6-10-14-11-7-12;1-3-2;1-3-2-4;1-3-2/h2-11H2,1H3;3H2,1-2H3;2H,1H3,(H,3,4);3H,1-2H3. The normalized spacial score (nSPS) is 13.2. The van der Waals surface area contributed by atoms with E-state index in [2.05, 4.69) is 36.3 Å². The summed E-state index contributed by atoms with van der Waals surface area (Å²) in [5, 5.41) is 5.00. The van der Waals surface area contributed by atoms with Crippen molar-refractivity contribution < 1.29 is 14.3 Å². The second-order valence-corrected chi connectivity index (χ2v) is 5.39. The topological polar surface area (TPSA) is 62.8 Å². The van der Waals surface area contributed by atoms with Crippen molar-refractivity contribution in [3.05, 3.63) is 0 Å². The molecule has 0 bridgehead atoms. The van der Waals surface area contributed by atoms with Gasteiger partial charge in [0.1, 0.15) is 0 Å². The molecule has 148 valence electrons. The van der Waals surface area contributed by atoms with E-state index in [1.165, 1.54) is 25.7 Å². The molecule has 24 heavy (non-hydrogen) atoms. The summed E-state index contributed by atoms with van der Waals surface area (Å²) in [6, 6.07) is 0. The molecule has 6 heteroatoms. The van der Waals surface area contributed by atoms with Crippen LogP contribution in [0.1, 0.15) is 46.5 Å². The van der Waals surface area contributed by atoms with E-state index in [0.29, 0.717) is 6.41 Å². The molecular formula is C18H43N3O3. The maximum absolute atomic E-state index is 9.06. The first-order valence-electron chi connectivity index (χ1n) is 9.25. The fraction of sp³-hybridized carbons (Fsp3) is 0.944. The van der Waals surface area contributed by atoms with Crippen LogP contribution in [-0.2, 0) is 14.3 Å². The maximum Gasteiger partial charge on any atom is 0.206 e. The van der Waals surface area contributed by atoms with E-state index in [-0.39, 0.29) is 0 Å². The lowest BCUT2D eigenvalue weighted by molar-refractivity contribution is -0.109. The van der Waals surface area contributed by atoms with Crippen LogP contribution in [0.25, 0.3) is 0 Å². The summed E-state index contributed by atoms with van der Waals surface area (Å²) >= 11 is 0. The molecule has 1 aliphatic rings. The van der Waals surface area contributed by atoms with Crippen LogP contribution in [-0.4, -0.2) is 78.5 Å². The Bertz CT molecular complexity index is 200. The van der Waals surface area contributed by atoms with Crippen molar-refractivity contribution in [1.29, 1.82) is 0 Å². The Labute approximate surface area is 150 Å². The molecule has 0 spiro atoms. The predicted octanol–water partition coefficient (Wildman–Crippen LogP) is 2.14. The van der Waals surface area contributed by atoms with Gasteiger partial charge in [-0.05, 0) is 20.5 Å². The van der Waals surface area contributed by atoms with Crippen molar-refractivity contribution >= 4 is 6.41 Å². The zero-order valence-corrected chi connectivity index (χ0v) is 17.0. The number of carbonyl (C=O) groups excluding carboxylic acids is 1. The van der Waals surface area contributed by atoms with Crippen LogP contribution in [0, 0.1) is 0 Å². The molecule has 0 saturated carbocycles. The van der Waals surface area contributed by atoms with Crippen LogP contribution in [0.2, 0.25) is 0 Å². The van der Waals surface area contributed by atoms with Crippen molar-refractivity contribution in [2.24, 2.45) is 0 Å². The summed E-state index contributed by atoms with van der Waals surface area (Å²) in [4.78, 5) is 11.5. The molecule has 1 amide bonds. The van der Waals surface area contributed by atoms with Gasteiger partial charge in [0.2, 0.25) is 6.41 Å². The van der Waals surface area contributed by atoms with Gasteiger partial charge < -0.3 is 20.1 Å². The van der Waals surface area contributed by atoms with E-state index in [1.54, 1.807) is 7.05 Å². The summed E-state index contributed by atoms with van der Waals surface area (Å²) in [5.41, 5.74) is 0. The highest BCUT2D eigenvalue weighted by molar-refractivity contribution is 5.44. The molecule has 0 radical (unpaired) electrons. The Kier molecular flexibility index (Phi) is 35.4. The zero-order valence-electron chi connectivity index (χ0n) is 17.0. The van der Waals surface area contributed by atoms with Gasteiger partial charge in [0.05, 0.1) is 19.8 Å². The SMILES string of the molecule is CCC.CCCCCOCCN1CCOCC1.CNC.CNC=O. The third-order valence-corrected chi connectivity index (χ3v) is 2.67. The highest BCUT2D eigenvalue weighted by Crippen LogP contribution is 1.97. The van der Waals surface area contributed by atoms with Crippen LogP contribution in [0.4, 0.5) is 0 Å². The van der Waals surface area contributed by atoms with Gasteiger partial charge in [-0.25, -0.2) is 0 Å². The number of rotatable bonds is 8. The first-order valence-corrected chi connectivity index (χ1v) is 9.25. The lowest BCUT2D eigenvalue weighted by Crippen LogP contribution is -2.38. The Morgan fingerprint density at radius 3 is 1.96 bits per heavy atom. The first kappa shape index (κ1) is 28.1. The number of hydrogen-bond donors (Lipinski definition) is 2. The largest absolute Gasteiger partial charge is 0.380 e. The molecule has 1 saturated heterocycles. The van der Waals surface area contributed by atoms with Crippen LogP contribution >= 0.6 is 0 Å². The van der Waals surface area contributed by atoms with Crippen LogP contribution < -0.4 is 10.6 Å². The van der Waals surface area contributed by atoms with Crippen LogP contribution in [0.15, 0.2) is 0 Å². The molecular weight excluding hydrogens is 306 g/mol.